The van der Waals surface area contributed by atoms with Gasteiger partial charge in [-0.3, -0.25) is 9.40 Å². The molecular formula is C16H13Cl2N3O2S. The summed E-state index contributed by atoms with van der Waals surface area (Å²) >= 11 is 12.3. The normalized spacial score (nSPS) is 11.4. The minimum atomic E-state index is -3.64. The summed E-state index contributed by atoms with van der Waals surface area (Å²) < 4.78 is 28.6. The molecule has 0 atom stereocenters. The highest BCUT2D eigenvalue weighted by Gasteiger charge is 2.15. The summed E-state index contributed by atoms with van der Waals surface area (Å²) in [5, 5.41) is 5.21. The van der Waals surface area contributed by atoms with E-state index in [1.807, 2.05) is 0 Å². The molecule has 0 aliphatic carbocycles. The first-order chi connectivity index (χ1) is 11.5. The third-order valence-corrected chi connectivity index (χ3v) is 5.43. The van der Waals surface area contributed by atoms with Crippen molar-refractivity contribution < 1.29 is 8.42 Å². The molecule has 0 bridgehead atoms. The molecule has 1 N–H and O–H groups in total. The number of benzene rings is 2. The van der Waals surface area contributed by atoms with Crippen molar-refractivity contribution in [1.29, 1.82) is 0 Å². The second-order valence-corrected chi connectivity index (χ2v) is 7.54. The van der Waals surface area contributed by atoms with Crippen LogP contribution in [-0.2, 0) is 16.6 Å². The number of hydrogen-bond donors (Lipinski definition) is 1. The topological polar surface area (TPSA) is 64.0 Å². The standard InChI is InChI=1S/C16H13Cl2N3O2S/c17-15-7-4-8-16(18)14(15)11-21-10-12(9-19-21)20-24(22,23)13-5-2-1-3-6-13/h1-10,20H,11H2. The van der Waals surface area contributed by atoms with Crippen molar-refractivity contribution in [3.05, 3.63) is 76.5 Å². The predicted molar refractivity (Wildman–Crippen MR) is 95.0 cm³/mol. The van der Waals surface area contributed by atoms with Crippen molar-refractivity contribution in [3.63, 3.8) is 0 Å². The zero-order valence-electron chi connectivity index (χ0n) is 12.4. The second-order valence-electron chi connectivity index (χ2n) is 5.05. The Hall–Kier alpha value is -2.02. The van der Waals surface area contributed by atoms with Crippen LogP contribution in [0.4, 0.5) is 5.69 Å². The van der Waals surface area contributed by atoms with Gasteiger partial charge in [-0.2, -0.15) is 5.10 Å². The van der Waals surface area contributed by atoms with Crippen LogP contribution in [0.3, 0.4) is 0 Å². The number of nitrogens with zero attached hydrogens (tertiary/aromatic N) is 2. The molecule has 1 heterocycles. The summed E-state index contributed by atoms with van der Waals surface area (Å²) in [6.07, 6.45) is 3.02. The number of anilines is 1. The molecule has 0 amide bonds. The number of rotatable bonds is 5. The average molecular weight is 382 g/mol. The Morgan fingerprint density at radius 1 is 1.00 bits per heavy atom. The van der Waals surface area contributed by atoms with Crippen molar-refractivity contribution in [1.82, 2.24) is 9.78 Å². The van der Waals surface area contributed by atoms with Gasteiger partial charge in [-0.25, -0.2) is 8.42 Å². The highest BCUT2D eigenvalue weighted by atomic mass is 35.5. The smallest absolute Gasteiger partial charge is 0.261 e. The first kappa shape index (κ1) is 16.8. The quantitative estimate of drug-likeness (QED) is 0.725. The van der Waals surface area contributed by atoms with E-state index in [4.69, 9.17) is 23.2 Å². The zero-order chi connectivity index (χ0) is 17.2. The number of aromatic nitrogens is 2. The summed E-state index contributed by atoms with van der Waals surface area (Å²) in [6.45, 7) is 0.339. The highest BCUT2D eigenvalue weighted by Crippen LogP contribution is 2.25. The van der Waals surface area contributed by atoms with Crippen LogP contribution in [0.1, 0.15) is 5.56 Å². The molecule has 0 spiro atoms. The lowest BCUT2D eigenvalue weighted by Crippen LogP contribution is -2.12. The van der Waals surface area contributed by atoms with Gasteiger partial charge in [0.25, 0.3) is 10.0 Å². The van der Waals surface area contributed by atoms with E-state index in [9.17, 15) is 8.42 Å². The highest BCUT2D eigenvalue weighted by molar-refractivity contribution is 7.92. The third kappa shape index (κ3) is 3.72. The molecule has 0 saturated carbocycles. The van der Waals surface area contributed by atoms with E-state index in [1.54, 1.807) is 47.3 Å². The molecule has 5 nitrogen and oxygen atoms in total. The molecule has 24 heavy (non-hydrogen) atoms. The molecule has 0 radical (unpaired) electrons. The van der Waals surface area contributed by atoms with E-state index in [0.717, 1.165) is 5.56 Å². The van der Waals surface area contributed by atoms with E-state index >= 15 is 0 Å². The van der Waals surface area contributed by atoms with Gasteiger partial charge in [-0.15, -0.1) is 0 Å². The molecule has 0 aliphatic rings. The zero-order valence-corrected chi connectivity index (χ0v) is 14.7. The van der Waals surface area contributed by atoms with Gasteiger partial charge in [0, 0.05) is 21.8 Å². The van der Waals surface area contributed by atoms with Gasteiger partial charge in [0.1, 0.15) is 0 Å². The van der Waals surface area contributed by atoms with Crippen LogP contribution in [0.5, 0.6) is 0 Å². The van der Waals surface area contributed by atoms with Crippen molar-refractivity contribution in [2.45, 2.75) is 11.4 Å². The molecule has 124 valence electrons. The number of hydrogen-bond acceptors (Lipinski definition) is 3. The molecule has 0 aliphatic heterocycles. The minimum absolute atomic E-state index is 0.187. The summed E-state index contributed by atoms with van der Waals surface area (Å²) in [5.74, 6) is 0. The van der Waals surface area contributed by atoms with E-state index in [2.05, 4.69) is 9.82 Å². The molecule has 0 unspecified atom stereocenters. The lowest BCUT2D eigenvalue weighted by Gasteiger charge is -2.07. The van der Waals surface area contributed by atoms with E-state index in [-0.39, 0.29) is 4.90 Å². The molecule has 0 fully saturated rings. The number of sulfonamides is 1. The van der Waals surface area contributed by atoms with Gasteiger partial charge >= 0.3 is 0 Å². The van der Waals surface area contributed by atoms with Gasteiger partial charge in [-0.05, 0) is 24.3 Å². The largest absolute Gasteiger partial charge is 0.276 e. The van der Waals surface area contributed by atoms with Crippen molar-refractivity contribution >= 4 is 38.9 Å². The predicted octanol–water partition coefficient (Wildman–Crippen LogP) is 4.04. The van der Waals surface area contributed by atoms with Crippen molar-refractivity contribution in [3.8, 4) is 0 Å². The summed E-state index contributed by atoms with van der Waals surface area (Å²) in [5.41, 5.74) is 1.09. The lowest BCUT2D eigenvalue weighted by molar-refractivity contribution is 0.601. The Morgan fingerprint density at radius 3 is 2.33 bits per heavy atom. The molecule has 2 aromatic carbocycles. The Bertz CT molecular complexity index is 936. The van der Waals surface area contributed by atoms with Crippen LogP contribution >= 0.6 is 23.2 Å². The van der Waals surface area contributed by atoms with E-state index in [0.29, 0.717) is 22.3 Å². The number of halogens is 2. The Balaban J connectivity index is 1.79. The third-order valence-electron chi connectivity index (χ3n) is 3.32. The van der Waals surface area contributed by atoms with Gasteiger partial charge in [-0.1, -0.05) is 47.5 Å². The summed E-state index contributed by atoms with van der Waals surface area (Å²) in [4.78, 5) is 0.187. The molecule has 1 aromatic heterocycles. The van der Waals surface area contributed by atoms with Gasteiger partial charge in [0.2, 0.25) is 0 Å². The van der Waals surface area contributed by atoms with Crippen LogP contribution < -0.4 is 4.72 Å². The van der Waals surface area contributed by atoms with Gasteiger partial charge in [0.15, 0.2) is 0 Å². The first-order valence-electron chi connectivity index (χ1n) is 6.99. The van der Waals surface area contributed by atoms with Crippen LogP contribution in [-0.4, -0.2) is 18.2 Å². The Kier molecular flexibility index (Phi) is 4.80. The molecular weight excluding hydrogens is 369 g/mol. The number of nitrogens with one attached hydrogen (secondary N) is 1. The minimum Gasteiger partial charge on any atom is -0.276 e. The van der Waals surface area contributed by atoms with Gasteiger partial charge in [0.05, 0.1) is 23.3 Å². The Morgan fingerprint density at radius 2 is 1.67 bits per heavy atom. The molecule has 3 aromatic rings. The van der Waals surface area contributed by atoms with Crippen LogP contribution in [0.2, 0.25) is 10.0 Å². The maximum absolute atomic E-state index is 12.3. The Labute approximate surface area is 149 Å². The SMILES string of the molecule is O=S(=O)(Nc1cnn(Cc2c(Cl)cccc2Cl)c1)c1ccccc1. The summed E-state index contributed by atoms with van der Waals surface area (Å²) in [6, 6.07) is 13.4. The van der Waals surface area contributed by atoms with E-state index in [1.165, 1.54) is 18.3 Å². The van der Waals surface area contributed by atoms with Crippen LogP contribution in [0.25, 0.3) is 0 Å². The van der Waals surface area contributed by atoms with Crippen molar-refractivity contribution in [2.75, 3.05) is 4.72 Å². The fourth-order valence-corrected chi connectivity index (χ4v) is 3.73. The maximum Gasteiger partial charge on any atom is 0.261 e. The molecule has 8 heteroatoms. The van der Waals surface area contributed by atoms with Crippen LogP contribution in [0, 0.1) is 0 Å². The first-order valence-corrected chi connectivity index (χ1v) is 9.23. The molecule has 0 saturated heterocycles. The second kappa shape index (κ2) is 6.84. The lowest BCUT2D eigenvalue weighted by atomic mass is 10.2. The fraction of sp³-hybridized carbons (Fsp3) is 0.0625. The summed E-state index contributed by atoms with van der Waals surface area (Å²) in [7, 11) is -3.64. The van der Waals surface area contributed by atoms with E-state index < -0.39 is 10.0 Å². The van der Waals surface area contributed by atoms with Crippen molar-refractivity contribution in [2.24, 2.45) is 0 Å². The maximum atomic E-state index is 12.3. The molecule has 3 rings (SSSR count). The monoisotopic (exact) mass is 381 g/mol. The van der Waals surface area contributed by atoms with Crippen LogP contribution in [0.15, 0.2) is 65.8 Å². The van der Waals surface area contributed by atoms with Gasteiger partial charge < -0.3 is 0 Å². The fourth-order valence-electron chi connectivity index (χ4n) is 2.16. The average Bonchev–Trinajstić information content (AvgIpc) is 2.98.